The highest BCUT2D eigenvalue weighted by molar-refractivity contribution is 4.88. The zero-order valence-electron chi connectivity index (χ0n) is 8.80. The summed E-state index contributed by atoms with van der Waals surface area (Å²) < 4.78 is 0. The molecule has 1 rings (SSSR count). The van der Waals surface area contributed by atoms with E-state index >= 15 is 0 Å². The first-order valence-corrected chi connectivity index (χ1v) is 5.03. The molecule has 0 amide bonds. The zero-order valence-corrected chi connectivity index (χ0v) is 8.80. The van der Waals surface area contributed by atoms with Crippen molar-refractivity contribution in [1.82, 2.24) is 10.2 Å². The molecule has 1 aliphatic carbocycles. The van der Waals surface area contributed by atoms with E-state index in [0.29, 0.717) is 6.04 Å². The van der Waals surface area contributed by atoms with E-state index in [1.165, 1.54) is 12.8 Å². The Labute approximate surface area is 76.3 Å². The first-order chi connectivity index (χ1) is 5.66. The van der Waals surface area contributed by atoms with Crippen molar-refractivity contribution >= 4 is 0 Å². The van der Waals surface area contributed by atoms with E-state index in [4.69, 9.17) is 0 Å². The fourth-order valence-electron chi connectivity index (χ4n) is 1.81. The molecule has 2 nitrogen and oxygen atoms in total. The van der Waals surface area contributed by atoms with E-state index in [2.05, 4.69) is 31.1 Å². The Kier molecular flexibility index (Phi) is 3.53. The fourth-order valence-corrected chi connectivity index (χ4v) is 1.81. The Hall–Kier alpha value is -0.0800. The maximum absolute atomic E-state index is 3.27. The van der Waals surface area contributed by atoms with Crippen LogP contribution in [0.2, 0.25) is 0 Å². The van der Waals surface area contributed by atoms with Crippen molar-refractivity contribution in [2.45, 2.75) is 38.8 Å². The van der Waals surface area contributed by atoms with Crippen molar-refractivity contribution in [3.8, 4) is 0 Å². The van der Waals surface area contributed by atoms with Crippen LogP contribution in [-0.4, -0.2) is 37.6 Å². The molecule has 1 aliphatic rings. The van der Waals surface area contributed by atoms with Gasteiger partial charge in [0.05, 0.1) is 0 Å². The molecule has 0 saturated heterocycles. The molecular formula is C10H22N2. The molecule has 0 aromatic carbocycles. The van der Waals surface area contributed by atoms with Crippen LogP contribution in [0.5, 0.6) is 0 Å². The van der Waals surface area contributed by atoms with Crippen LogP contribution < -0.4 is 5.32 Å². The van der Waals surface area contributed by atoms with E-state index in [-0.39, 0.29) is 0 Å². The molecule has 0 heterocycles. The van der Waals surface area contributed by atoms with Gasteiger partial charge in [-0.05, 0) is 32.9 Å². The number of hydrogen-bond acceptors (Lipinski definition) is 2. The van der Waals surface area contributed by atoms with Crippen LogP contribution >= 0.6 is 0 Å². The van der Waals surface area contributed by atoms with Crippen molar-refractivity contribution in [1.29, 1.82) is 0 Å². The maximum atomic E-state index is 3.27. The summed E-state index contributed by atoms with van der Waals surface area (Å²) in [4.78, 5) is 2.54. The summed E-state index contributed by atoms with van der Waals surface area (Å²) in [7, 11) is 4.30. The van der Waals surface area contributed by atoms with Crippen molar-refractivity contribution in [2.75, 3.05) is 20.6 Å². The molecular weight excluding hydrogens is 148 g/mol. The minimum absolute atomic E-state index is 0.711. The van der Waals surface area contributed by atoms with Gasteiger partial charge in [0.15, 0.2) is 0 Å². The summed E-state index contributed by atoms with van der Waals surface area (Å²) in [5.74, 6) is 0.753. The number of rotatable bonds is 5. The van der Waals surface area contributed by atoms with E-state index in [0.717, 1.165) is 18.5 Å². The lowest BCUT2D eigenvalue weighted by atomic mass is 10.0. The Bertz CT molecular complexity index is 130. The zero-order chi connectivity index (χ0) is 9.14. The largest absolute Gasteiger partial charge is 0.318 e. The van der Waals surface area contributed by atoms with E-state index in [1.807, 2.05) is 7.05 Å². The third-order valence-corrected chi connectivity index (χ3v) is 2.83. The lowest BCUT2D eigenvalue weighted by molar-refractivity contribution is 0.181. The summed E-state index contributed by atoms with van der Waals surface area (Å²) in [6.45, 7) is 5.73. The molecule has 12 heavy (non-hydrogen) atoms. The molecule has 1 unspecified atom stereocenters. The van der Waals surface area contributed by atoms with E-state index in [1.54, 1.807) is 0 Å². The third kappa shape index (κ3) is 2.46. The second-order valence-corrected chi connectivity index (χ2v) is 4.27. The maximum Gasteiger partial charge on any atom is 0.0243 e. The molecule has 0 aliphatic heterocycles. The molecule has 0 radical (unpaired) electrons. The lowest BCUT2D eigenvalue weighted by Crippen LogP contribution is -2.43. The Morgan fingerprint density at radius 2 is 2.00 bits per heavy atom. The predicted molar refractivity (Wildman–Crippen MR) is 53.3 cm³/mol. The van der Waals surface area contributed by atoms with Gasteiger partial charge in [-0.3, -0.25) is 4.90 Å². The average Bonchev–Trinajstić information content (AvgIpc) is 2.80. The molecule has 0 spiro atoms. The first-order valence-electron chi connectivity index (χ1n) is 5.03. The second kappa shape index (κ2) is 4.24. The van der Waals surface area contributed by atoms with Gasteiger partial charge in [0.1, 0.15) is 0 Å². The molecule has 1 atom stereocenters. The minimum atomic E-state index is 0.711. The highest BCUT2D eigenvalue weighted by Gasteiger charge is 2.31. The number of nitrogens with one attached hydrogen (secondary N) is 1. The van der Waals surface area contributed by atoms with Crippen LogP contribution in [0.25, 0.3) is 0 Å². The number of hydrogen-bond donors (Lipinski definition) is 1. The van der Waals surface area contributed by atoms with Gasteiger partial charge in [-0.2, -0.15) is 0 Å². The molecule has 72 valence electrons. The highest BCUT2D eigenvalue weighted by atomic mass is 15.2. The Morgan fingerprint density at radius 1 is 1.42 bits per heavy atom. The molecule has 2 heteroatoms. The van der Waals surface area contributed by atoms with Crippen molar-refractivity contribution in [3.05, 3.63) is 0 Å². The van der Waals surface area contributed by atoms with Crippen LogP contribution in [0.4, 0.5) is 0 Å². The van der Waals surface area contributed by atoms with Crippen molar-refractivity contribution < 1.29 is 0 Å². The molecule has 0 aromatic rings. The molecule has 1 N–H and O–H groups in total. The fraction of sp³-hybridized carbons (Fsp3) is 1.00. The van der Waals surface area contributed by atoms with Crippen LogP contribution in [-0.2, 0) is 0 Å². The topological polar surface area (TPSA) is 15.3 Å². The minimum Gasteiger partial charge on any atom is -0.318 e. The number of nitrogens with zero attached hydrogens (tertiary/aromatic N) is 1. The van der Waals surface area contributed by atoms with Gasteiger partial charge in [-0.25, -0.2) is 0 Å². The second-order valence-electron chi connectivity index (χ2n) is 4.27. The van der Waals surface area contributed by atoms with E-state index in [9.17, 15) is 0 Å². The third-order valence-electron chi connectivity index (χ3n) is 2.83. The van der Waals surface area contributed by atoms with Gasteiger partial charge in [0, 0.05) is 18.6 Å². The monoisotopic (exact) mass is 170 g/mol. The predicted octanol–water partition coefficient (Wildman–Crippen LogP) is 1.32. The highest BCUT2D eigenvalue weighted by Crippen LogP contribution is 2.28. The normalized spacial score (nSPS) is 20.5. The van der Waals surface area contributed by atoms with Crippen molar-refractivity contribution in [2.24, 2.45) is 5.92 Å². The molecule has 0 aromatic heterocycles. The quantitative estimate of drug-likeness (QED) is 0.669. The van der Waals surface area contributed by atoms with Crippen LogP contribution in [0.15, 0.2) is 0 Å². The van der Waals surface area contributed by atoms with Crippen molar-refractivity contribution in [3.63, 3.8) is 0 Å². The Balaban J connectivity index is 2.39. The summed E-state index contributed by atoms with van der Waals surface area (Å²) in [6, 6.07) is 1.59. The molecule has 1 fully saturated rings. The van der Waals surface area contributed by atoms with Crippen LogP contribution in [0.1, 0.15) is 26.7 Å². The molecule has 1 saturated carbocycles. The van der Waals surface area contributed by atoms with Gasteiger partial charge < -0.3 is 5.32 Å². The summed E-state index contributed by atoms with van der Waals surface area (Å²) in [5, 5.41) is 3.27. The smallest absolute Gasteiger partial charge is 0.0243 e. The number of likely N-dealkylation sites (N-methyl/N-ethyl adjacent to an activating group) is 2. The SMILES string of the molecule is CNCC(C(C)C)N(C)C1CC1. The standard InChI is InChI=1S/C10H22N2/c1-8(2)10(7-11-3)12(4)9-5-6-9/h8-11H,5-7H2,1-4H3. The average molecular weight is 170 g/mol. The van der Waals surface area contributed by atoms with Gasteiger partial charge in [0.25, 0.3) is 0 Å². The van der Waals surface area contributed by atoms with E-state index < -0.39 is 0 Å². The molecule has 0 bridgehead atoms. The summed E-state index contributed by atoms with van der Waals surface area (Å²) in [5.41, 5.74) is 0. The summed E-state index contributed by atoms with van der Waals surface area (Å²) in [6.07, 6.45) is 2.81. The van der Waals surface area contributed by atoms with Crippen LogP contribution in [0.3, 0.4) is 0 Å². The lowest BCUT2D eigenvalue weighted by Gasteiger charge is -2.31. The van der Waals surface area contributed by atoms with Gasteiger partial charge in [-0.15, -0.1) is 0 Å². The Morgan fingerprint density at radius 3 is 2.33 bits per heavy atom. The van der Waals surface area contributed by atoms with Gasteiger partial charge >= 0.3 is 0 Å². The summed E-state index contributed by atoms with van der Waals surface area (Å²) >= 11 is 0. The van der Waals surface area contributed by atoms with Gasteiger partial charge in [0.2, 0.25) is 0 Å². The van der Waals surface area contributed by atoms with Gasteiger partial charge in [-0.1, -0.05) is 13.8 Å². The van der Waals surface area contributed by atoms with Crippen LogP contribution in [0, 0.1) is 5.92 Å². The first kappa shape index (κ1) is 10.0.